The highest BCUT2D eigenvalue weighted by Gasteiger charge is 2.27. The molecule has 0 aliphatic heterocycles. The summed E-state index contributed by atoms with van der Waals surface area (Å²) in [5.74, 6) is 3.14. The molecule has 4 heteroatoms. The maximum Gasteiger partial charge on any atom is 0.135 e. The van der Waals surface area contributed by atoms with Crippen LogP contribution in [0, 0.1) is 5.92 Å². The first-order chi connectivity index (χ1) is 9.22. The van der Waals surface area contributed by atoms with Gasteiger partial charge in [-0.05, 0) is 38.5 Å². The Balaban J connectivity index is 1.67. The second-order valence-corrected chi connectivity index (χ2v) is 6.43. The van der Waals surface area contributed by atoms with E-state index in [0.717, 1.165) is 17.6 Å². The minimum Gasteiger partial charge on any atom is -0.367 e. The lowest BCUT2D eigenvalue weighted by Gasteiger charge is -2.28. The third-order valence-electron chi connectivity index (χ3n) is 4.39. The highest BCUT2D eigenvalue weighted by Crippen LogP contribution is 2.39. The summed E-state index contributed by atoms with van der Waals surface area (Å²) < 4.78 is 0. The Labute approximate surface area is 120 Å². The lowest BCUT2D eigenvalue weighted by molar-refractivity contribution is 0.328. The largest absolute Gasteiger partial charge is 0.367 e. The van der Waals surface area contributed by atoms with Crippen molar-refractivity contribution in [1.29, 1.82) is 0 Å². The average Bonchev–Trinajstić information content (AvgIpc) is 3.23. The number of halogens is 1. The van der Waals surface area contributed by atoms with E-state index in [1.165, 1.54) is 44.9 Å². The van der Waals surface area contributed by atoms with Crippen molar-refractivity contribution in [2.75, 3.05) is 5.32 Å². The molecule has 104 valence electrons. The van der Waals surface area contributed by atoms with Gasteiger partial charge >= 0.3 is 0 Å². The van der Waals surface area contributed by atoms with E-state index < -0.39 is 0 Å². The molecule has 1 aromatic heterocycles. The predicted octanol–water partition coefficient (Wildman–Crippen LogP) is 4.39. The van der Waals surface area contributed by atoms with Gasteiger partial charge in [-0.25, -0.2) is 9.97 Å². The number of aromatic nitrogens is 2. The summed E-state index contributed by atoms with van der Waals surface area (Å²) in [5.41, 5.74) is 0. The van der Waals surface area contributed by atoms with Gasteiger partial charge < -0.3 is 5.32 Å². The minimum atomic E-state index is 0.471. The first kappa shape index (κ1) is 13.2. The predicted molar refractivity (Wildman–Crippen MR) is 78.7 cm³/mol. The van der Waals surface area contributed by atoms with E-state index in [9.17, 15) is 0 Å². The van der Waals surface area contributed by atoms with Gasteiger partial charge in [0, 0.05) is 18.0 Å². The monoisotopic (exact) mass is 279 g/mol. The van der Waals surface area contributed by atoms with Crippen molar-refractivity contribution < 1.29 is 0 Å². The quantitative estimate of drug-likeness (QED) is 0.831. The lowest BCUT2D eigenvalue weighted by Crippen LogP contribution is -2.28. The van der Waals surface area contributed by atoms with Crippen molar-refractivity contribution in [1.82, 2.24) is 9.97 Å². The van der Waals surface area contributed by atoms with E-state index in [2.05, 4.69) is 22.2 Å². The molecule has 0 amide bonds. The van der Waals surface area contributed by atoms with Crippen LogP contribution in [0.4, 0.5) is 5.82 Å². The summed E-state index contributed by atoms with van der Waals surface area (Å²) in [6, 6.07) is 2.32. The van der Waals surface area contributed by atoms with Crippen LogP contribution >= 0.6 is 11.6 Å². The Bertz CT molecular complexity index is 439. The molecular weight excluding hydrogens is 258 g/mol. The van der Waals surface area contributed by atoms with Crippen LogP contribution in [0.15, 0.2) is 6.07 Å². The smallest absolute Gasteiger partial charge is 0.135 e. The standard InChI is InChI=1S/C15H22ClN3/c1-10(11-5-3-2-4-6-11)17-14-9-13(16)18-15(19-14)12-7-8-12/h9-12H,2-8H2,1H3,(H,17,18,19). The zero-order valence-electron chi connectivity index (χ0n) is 11.5. The van der Waals surface area contributed by atoms with Crippen molar-refractivity contribution >= 4 is 17.4 Å². The molecule has 0 saturated heterocycles. The second kappa shape index (κ2) is 5.66. The van der Waals surface area contributed by atoms with Crippen molar-refractivity contribution in [3.63, 3.8) is 0 Å². The normalized spacial score (nSPS) is 22.2. The summed E-state index contributed by atoms with van der Waals surface area (Å²) in [4.78, 5) is 8.95. The van der Waals surface area contributed by atoms with Gasteiger partial charge in [-0.15, -0.1) is 0 Å². The molecule has 1 N–H and O–H groups in total. The van der Waals surface area contributed by atoms with E-state index in [-0.39, 0.29) is 0 Å². The van der Waals surface area contributed by atoms with E-state index >= 15 is 0 Å². The van der Waals surface area contributed by atoms with Crippen LogP contribution in [0.2, 0.25) is 5.15 Å². The first-order valence-corrected chi connectivity index (χ1v) is 7.91. The summed E-state index contributed by atoms with van der Waals surface area (Å²) >= 11 is 6.10. The fourth-order valence-corrected chi connectivity index (χ4v) is 3.21. The molecule has 1 atom stereocenters. The molecule has 1 aromatic rings. The maximum absolute atomic E-state index is 6.10. The first-order valence-electron chi connectivity index (χ1n) is 7.53. The number of rotatable bonds is 4. The highest BCUT2D eigenvalue weighted by molar-refractivity contribution is 6.29. The lowest BCUT2D eigenvalue weighted by atomic mass is 9.84. The molecule has 0 bridgehead atoms. The van der Waals surface area contributed by atoms with Crippen LogP contribution in [0.5, 0.6) is 0 Å². The van der Waals surface area contributed by atoms with Crippen molar-refractivity contribution in [3.05, 3.63) is 17.0 Å². The molecule has 3 nitrogen and oxygen atoms in total. The van der Waals surface area contributed by atoms with Gasteiger partial charge in [0.15, 0.2) is 0 Å². The third-order valence-corrected chi connectivity index (χ3v) is 4.58. The van der Waals surface area contributed by atoms with Gasteiger partial charge in [0.25, 0.3) is 0 Å². The molecule has 0 aromatic carbocycles. The van der Waals surface area contributed by atoms with Gasteiger partial charge in [-0.2, -0.15) is 0 Å². The van der Waals surface area contributed by atoms with E-state index in [0.29, 0.717) is 17.1 Å². The molecule has 19 heavy (non-hydrogen) atoms. The van der Waals surface area contributed by atoms with Crippen LogP contribution in [-0.4, -0.2) is 16.0 Å². The maximum atomic E-state index is 6.10. The fourth-order valence-electron chi connectivity index (χ4n) is 3.02. The Morgan fingerprint density at radius 3 is 2.58 bits per heavy atom. The highest BCUT2D eigenvalue weighted by atomic mass is 35.5. The summed E-state index contributed by atoms with van der Waals surface area (Å²) in [6.45, 7) is 2.27. The van der Waals surface area contributed by atoms with Crippen LogP contribution in [0.1, 0.15) is 63.6 Å². The van der Waals surface area contributed by atoms with Crippen LogP contribution < -0.4 is 5.32 Å². The Hall–Kier alpha value is -0.830. The van der Waals surface area contributed by atoms with E-state index in [1.807, 2.05) is 6.07 Å². The van der Waals surface area contributed by atoms with E-state index in [4.69, 9.17) is 11.6 Å². The third kappa shape index (κ3) is 3.38. The minimum absolute atomic E-state index is 0.471. The molecule has 1 unspecified atom stereocenters. The number of hydrogen-bond donors (Lipinski definition) is 1. The van der Waals surface area contributed by atoms with Gasteiger partial charge in [0.2, 0.25) is 0 Å². The molecule has 2 aliphatic rings. The molecule has 2 fully saturated rings. The Morgan fingerprint density at radius 1 is 1.16 bits per heavy atom. The van der Waals surface area contributed by atoms with Crippen molar-refractivity contribution in [3.8, 4) is 0 Å². The van der Waals surface area contributed by atoms with Gasteiger partial charge in [0.1, 0.15) is 16.8 Å². The van der Waals surface area contributed by atoms with Crippen molar-refractivity contribution in [2.24, 2.45) is 5.92 Å². The van der Waals surface area contributed by atoms with E-state index in [1.54, 1.807) is 0 Å². The van der Waals surface area contributed by atoms with Crippen molar-refractivity contribution in [2.45, 2.75) is 63.8 Å². The van der Waals surface area contributed by atoms with Crippen LogP contribution in [0.3, 0.4) is 0 Å². The second-order valence-electron chi connectivity index (χ2n) is 6.04. The molecule has 2 aliphatic carbocycles. The number of hydrogen-bond acceptors (Lipinski definition) is 3. The number of nitrogens with zero attached hydrogens (tertiary/aromatic N) is 2. The topological polar surface area (TPSA) is 37.8 Å². The van der Waals surface area contributed by atoms with Gasteiger partial charge in [-0.1, -0.05) is 30.9 Å². The molecule has 0 spiro atoms. The number of anilines is 1. The van der Waals surface area contributed by atoms with Gasteiger partial charge in [-0.3, -0.25) is 0 Å². The summed E-state index contributed by atoms with van der Waals surface area (Å²) in [5, 5.41) is 4.10. The fraction of sp³-hybridized carbons (Fsp3) is 0.733. The molecule has 0 radical (unpaired) electrons. The molecule has 1 heterocycles. The Morgan fingerprint density at radius 2 is 1.89 bits per heavy atom. The zero-order valence-corrected chi connectivity index (χ0v) is 12.3. The molecular formula is C15H22ClN3. The van der Waals surface area contributed by atoms with Gasteiger partial charge in [0.05, 0.1) is 0 Å². The number of nitrogens with one attached hydrogen (secondary N) is 1. The summed E-state index contributed by atoms with van der Waals surface area (Å²) in [7, 11) is 0. The average molecular weight is 280 g/mol. The molecule has 2 saturated carbocycles. The molecule has 3 rings (SSSR count). The van der Waals surface area contributed by atoms with Crippen LogP contribution in [-0.2, 0) is 0 Å². The SMILES string of the molecule is CC(Nc1cc(Cl)nc(C2CC2)n1)C1CCCCC1. The van der Waals surface area contributed by atoms with Crippen LogP contribution in [0.25, 0.3) is 0 Å². The zero-order chi connectivity index (χ0) is 13.2. The Kier molecular flexibility index (Phi) is 3.92. The summed E-state index contributed by atoms with van der Waals surface area (Å²) in [6.07, 6.45) is 9.22.